The van der Waals surface area contributed by atoms with Crippen LogP contribution in [0.5, 0.6) is 0 Å². The van der Waals surface area contributed by atoms with Crippen molar-refractivity contribution in [1.29, 1.82) is 0 Å². The lowest BCUT2D eigenvalue weighted by Gasteiger charge is -2.10. The molecule has 2 nitrogen and oxygen atoms in total. The van der Waals surface area contributed by atoms with Crippen LogP contribution in [-0.4, -0.2) is 17.8 Å². The second-order valence-electron chi connectivity index (χ2n) is 2.95. The fourth-order valence-corrected chi connectivity index (χ4v) is 1.31. The Bertz CT molecular complexity index is 248. The molecule has 72 valence electrons. The van der Waals surface area contributed by atoms with E-state index in [4.69, 9.17) is 0 Å². The monoisotopic (exact) mass is 291 g/mol. The Morgan fingerprint density at radius 3 is 2.54 bits per heavy atom. The SMILES string of the molecule is CC[C@@H](O)CNc1ccc(I)cc1. The summed E-state index contributed by atoms with van der Waals surface area (Å²) in [5.74, 6) is 0. The summed E-state index contributed by atoms with van der Waals surface area (Å²) >= 11 is 2.27. The zero-order chi connectivity index (χ0) is 9.68. The summed E-state index contributed by atoms with van der Waals surface area (Å²) in [6.07, 6.45) is 0.538. The fraction of sp³-hybridized carbons (Fsp3) is 0.400. The highest BCUT2D eigenvalue weighted by molar-refractivity contribution is 14.1. The van der Waals surface area contributed by atoms with E-state index in [9.17, 15) is 5.11 Å². The van der Waals surface area contributed by atoms with E-state index < -0.39 is 0 Å². The molecule has 0 amide bonds. The van der Waals surface area contributed by atoms with E-state index in [1.54, 1.807) is 0 Å². The molecule has 2 N–H and O–H groups in total. The van der Waals surface area contributed by atoms with E-state index in [1.807, 2.05) is 31.2 Å². The Hall–Kier alpha value is -0.290. The van der Waals surface area contributed by atoms with Crippen molar-refractivity contribution in [3.8, 4) is 0 Å². The van der Waals surface area contributed by atoms with Crippen LogP contribution >= 0.6 is 22.6 Å². The normalized spacial score (nSPS) is 12.5. The van der Waals surface area contributed by atoms with Gasteiger partial charge in [-0.15, -0.1) is 0 Å². The molecule has 1 atom stereocenters. The molecule has 0 saturated heterocycles. The summed E-state index contributed by atoms with van der Waals surface area (Å²) in [6.45, 7) is 2.59. The van der Waals surface area contributed by atoms with E-state index in [2.05, 4.69) is 27.9 Å². The number of rotatable bonds is 4. The second-order valence-corrected chi connectivity index (χ2v) is 4.20. The number of halogens is 1. The molecule has 0 aliphatic rings. The zero-order valence-corrected chi connectivity index (χ0v) is 9.78. The minimum absolute atomic E-state index is 0.251. The van der Waals surface area contributed by atoms with Crippen LogP contribution in [0.2, 0.25) is 0 Å². The first kappa shape index (κ1) is 10.8. The standard InChI is InChI=1S/C10H14INO/c1-2-10(13)7-12-9-5-3-8(11)4-6-9/h3-6,10,12-13H,2,7H2,1H3/t10-/m1/s1. The van der Waals surface area contributed by atoms with Crippen molar-refractivity contribution in [2.24, 2.45) is 0 Å². The van der Waals surface area contributed by atoms with E-state index in [0.717, 1.165) is 12.1 Å². The molecule has 3 heteroatoms. The second kappa shape index (κ2) is 5.44. The lowest BCUT2D eigenvalue weighted by Crippen LogP contribution is -2.17. The van der Waals surface area contributed by atoms with Gasteiger partial charge in [-0.25, -0.2) is 0 Å². The van der Waals surface area contributed by atoms with Crippen LogP contribution in [0.3, 0.4) is 0 Å². The molecule has 1 aromatic rings. The Morgan fingerprint density at radius 2 is 2.00 bits per heavy atom. The summed E-state index contributed by atoms with van der Waals surface area (Å²) in [5.41, 5.74) is 1.06. The van der Waals surface area contributed by atoms with Crippen molar-refractivity contribution in [2.75, 3.05) is 11.9 Å². The van der Waals surface area contributed by atoms with Crippen LogP contribution in [0.1, 0.15) is 13.3 Å². The van der Waals surface area contributed by atoms with Gasteiger partial charge in [0.2, 0.25) is 0 Å². The summed E-state index contributed by atoms with van der Waals surface area (Å²) in [4.78, 5) is 0. The van der Waals surface area contributed by atoms with Crippen LogP contribution in [0, 0.1) is 3.57 Å². The number of nitrogens with one attached hydrogen (secondary N) is 1. The van der Waals surface area contributed by atoms with Gasteiger partial charge in [-0.05, 0) is 53.3 Å². The van der Waals surface area contributed by atoms with Crippen molar-refractivity contribution < 1.29 is 5.11 Å². The van der Waals surface area contributed by atoms with E-state index in [0.29, 0.717) is 6.54 Å². The predicted octanol–water partition coefficient (Wildman–Crippen LogP) is 2.47. The molecule has 1 rings (SSSR count). The largest absolute Gasteiger partial charge is 0.391 e. The molecule has 0 unspecified atom stereocenters. The molecular formula is C10H14INO. The van der Waals surface area contributed by atoms with Crippen LogP contribution in [0.4, 0.5) is 5.69 Å². The average molecular weight is 291 g/mol. The Balaban J connectivity index is 2.41. The number of aliphatic hydroxyl groups is 1. The molecule has 0 aliphatic carbocycles. The van der Waals surface area contributed by atoms with Crippen molar-refractivity contribution >= 4 is 28.3 Å². The van der Waals surface area contributed by atoms with Gasteiger partial charge in [0.15, 0.2) is 0 Å². The van der Waals surface area contributed by atoms with Gasteiger partial charge in [-0.2, -0.15) is 0 Å². The molecule has 0 heterocycles. The van der Waals surface area contributed by atoms with Gasteiger partial charge in [0.1, 0.15) is 0 Å². The quantitative estimate of drug-likeness (QED) is 0.835. The van der Waals surface area contributed by atoms with E-state index in [1.165, 1.54) is 3.57 Å². The molecule has 0 aliphatic heterocycles. The molecule has 0 aromatic heterocycles. The highest BCUT2D eigenvalue weighted by atomic mass is 127. The van der Waals surface area contributed by atoms with Crippen LogP contribution < -0.4 is 5.32 Å². The van der Waals surface area contributed by atoms with Crippen molar-refractivity contribution in [1.82, 2.24) is 0 Å². The van der Waals surface area contributed by atoms with Crippen LogP contribution in [-0.2, 0) is 0 Å². The Kier molecular flexibility index (Phi) is 4.52. The number of anilines is 1. The first-order valence-corrected chi connectivity index (χ1v) is 5.47. The van der Waals surface area contributed by atoms with Gasteiger partial charge in [0.25, 0.3) is 0 Å². The summed E-state index contributed by atoms with van der Waals surface area (Å²) in [6, 6.07) is 8.12. The van der Waals surface area contributed by atoms with Gasteiger partial charge in [-0.1, -0.05) is 6.92 Å². The maximum absolute atomic E-state index is 9.31. The van der Waals surface area contributed by atoms with Crippen molar-refractivity contribution in [2.45, 2.75) is 19.4 Å². The molecule has 13 heavy (non-hydrogen) atoms. The maximum atomic E-state index is 9.31. The average Bonchev–Trinajstić information content (AvgIpc) is 2.16. The Morgan fingerprint density at radius 1 is 1.38 bits per heavy atom. The third kappa shape index (κ3) is 3.95. The minimum Gasteiger partial charge on any atom is -0.391 e. The first-order valence-electron chi connectivity index (χ1n) is 4.40. The summed E-state index contributed by atoms with van der Waals surface area (Å²) < 4.78 is 1.22. The first-order chi connectivity index (χ1) is 6.22. The summed E-state index contributed by atoms with van der Waals surface area (Å²) in [7, 11) is 0. The Labute approximate surface area is 92.5 Å². The molecule has 0 bridgehead atoms. The van der Waals surface area contributed by atoms with Crippen molar-refractivity contribution in [3.05, 3.63) is 27.8 Å². The third-order valence-electron chi connectivity index (χ3n) is 1.86. The van der Waals surface area contributed by atoms with Gasteiger partial charge < -0.3 is 10.4 Å². The highest BCUT2D eigenvalue weighted by Crippen LogP contribution is 2.10. The van der Waals surface area contributed by atoms with E-state index in [-0.39, 0.29) is 6.10 Å². The molecule has 0 fully saturated rings. The number of benzene rings is 1. The highest BCUT2D eigenvalue weighted by Gasteiger charge is 1.99. The topological polar surface area (TPSA) is 32.3 Å². The molecular weight excluding hydrogens is 277 g/mol. The fourth-order valence-electron chi connectivity index (χ4n) is 0.948. The minimum atomic E-state index is -0.251. The predicted molar refractivity (Wildman–Crippen MR) is 63.9 cm³/mol. The number of hydrogen-bond donors (Lipinski definition) is 2. The number of aliphatic hydroxyl groups excluding tert-OH is 1. The lowest BCUT2D eigenvalue weighted by molar-refractivity contribution is 0.183. The van der Waals surface area contributed by atoms with Gasteiger partial charge in [0, 0.05) is 15.8 Å². The molecule has 0 radical (unpaired) electrons. The van der Waals surface area contributed by atoms with Gasteiger partial charge in [0.05, 0.1) is 6.10 Å². The molecule has 0 spiro atoms. The van der Waals surface area contributed by atoms with Crippen LogP contribution in [0.25, 0.3) is 0 Å². The van der Waals surface area contributed by atoms with Gasteiger partial charge in [-0.3, -0.25) is 0 Å². The maximum Gasteiger partial charge on any atom is 0.0709 e. The smallest absolute Gasteiger partial charge is 0.0709 e. The molecule has 0 saturated carbocycles. The molecule has 1 aromatic carbocycles. The lowest BCUT2D eigenvalue weighted by atomic mass is 10.2. The van der Waals surface area contributed by atoms with Crippen LogP contribution in [0.15, 0.2) is 24.3 Å². The summed E-state index contributed by atoms with van der Waals surface area (Å²) in [5, 5.41) is 12.5. The third-order valence-corrected chi connectivity index (χ3v) is 2.58. The zero-order valence-electron chi connectivity index (χ0n) is 7.63. The van der Waals surface area contributed by atoms with E-state index >= 15 is 0 Å². The van der Waals surface area contributed by atoms with Crippen molar-refractivity contribution in [3.63, 3.8) is 0 Å². The van der Waals surface area contributed by atoms with Gasteiger partial charge >= 0.3 is 0 Å². The number of hydrogen-bond acceptors (Lipinski definition) is 2.